The van der Waals surface area contributed by atoms with Crippen molar-refractivity contribution in [3.8, 4) is 5.75 Å². The number of rotatable bonds is 4. The lowest BCUT2D eigenvalue weighted by molar-refractivity contribution is 0.474. The Kier molecular flexibility index (Phi) is 3.73. The van der Waals surface area contributed by atoms with Gasteiger partial charge in [0.1, 0.15) is 11.6 Å². The topological polar surface area (TPSA) is 32.3 Å². The molecule has 2 aromatic rings. The predicted octanol–water partition coefficient (Wildman–Crippen LogP) is 2.82. The molecule has 0 atom stereocenters. The number of hydrogen-bond acceptors (Lipinski definition) is 2. The van der Waals surface area contributed by atoms with Crippen molar-refractivity contribution in [1.29, 1.82) is 0 Å². The number of hydrogen-bond donors (Lipinski definition) is 2. The van der Waals surface area contributed by atoms with E-state index in [9.17, 15) is 9.50 Å². The van der Waals surface area contributed by atoms with E-state index < -0.39 is 0 Å². The van der Waals surface area contributed by atoms with E-state index in [-0.39, 0.29) is 11.6 Å². The lowest BCUT2D eigenvalue weighted by Gasteiger charge is -2.05. The summed E-state index contributed by atoms with van der Waals surface area (Å²) in [6.07, 6.45) is 0. The second-order valence-electron chi connectivity index (χ2n) is 3.90. The van der Waals surface area contributed by atoms with Gasteiger partial charge in [-0.1, -0.05) is 24.3 Å². The fourth-order valence-electron chi connectivity index (χ4n) is 1.66. The summed E-state index contributed by atoms with van der Waals surface area (Å²) in [5, 5.41) is 12.5. The van der Waals surface area contributed by atoms with Gasteiger partial charge in [-0.05, 0) is 35.4 Å². The molecule has 3 heteroatoms. The third-order valence-electron chi connectivity index (χ3n) is 2.46. The highest BCUT2D eigenvalue weighted by atomic mass is 19.1. The van der Waals surface area contributed by atoms with Crippen LogP contribution < -0.4 is 5.32 Å². The van der Waals surface area contributed by atoms with Crippen molar-refractivity contribution in [2.45, 2.75) is 13.1 Å². The number of phenolic OH excluding ortho intramolecular Hbond substituents is 1. The molecular weight excluding hydrogens is 217 g/mol. The van der Waals surface area contributed by atoms with Crippen molar-refractivity contribution in [2.75, 3.05) is 0 Å². The number of phenols is 1. The number of benzene rings is 2. The first-order valence-corrected chi connectivity index (χ1v) is 5.47. The molecule has 0 amide bonds. The van der Waals surface area contributed by atoms with Gasteiger partial charge in [-0.25, -0.2) is 4.39 Å². The van der Waals surface area contributed by atoms with Gasteiger partial charge in [0, 0.05) is 13.1 Å². The van der Waals surface area contributed by atoms with Crippen molar-refractivity contribution in [3.63, 3.8) is 0 Å². The van der Waals surface area contributed by atoms with Crippen molar-refractivity contribution < 1.29 is 9.50 Å². The summed E-state index contributed by atoms with van der Waals surface area (Å²) in [6.45, 7) is 1.25. The molecule has 0 fully saturated rings. The second-order valence-corrected chi connectivity index (χ2v) is 3.90. The Bertz CT molecular complexity index is 454. The van der Waals surface area contributed by atoms with Crippen LogP contribution in [0.5, 0.6) is 5.75 Å². The van der Waals surface area contributed by atoms with E-state index in [1.165, 1.54) is 12.1 Å². The zero-order valence-electron chi connectivity index (χ0n) is 9.36. The third-order valence-corrected chi connectivity index (χ3v) is 2.46. The van der Waals surface area contributed by atoms with E-state index in [0.717, 1.165) is 11.1 Å². The van der Waals surface area contributed by atoms with Gasteiger partial charge in [-0.2, -0.15) is 0 Å². The minimum absolute atomic E-state index is 0.221. The average Bonchev–Trinajstić information content (AvgIpc) is 2.29. The standard InChI is InChI=1S/C14H14FNO/c15-13-5-1-3-11(7-13)9-16-10-12-4-2-6-14(17)8-12/h1-8,16-17H,9-10H2. The van der Waals surface area contributed by atoms with E-state index in [1.54, 1.807) is 24.3 Å². The summed E-state index contributed by atoms with van der Waals surface area (Å²) >= 11 is 0. The molecule has 0 spiro atoms. The summed E-state index contributed by atoms with van der Waals surface area (Å²) in [7, 11) is 0. The van der Waals surface area contributed by atoms with E-state index in [1.807, 2.05) is 12.1 Å². The van der Waals surface area contributed by atoms with E-state index in [4.69, 9.17) is 0 Å². The highest BCUT2D eigenvalue weighted by molar-refractivity contribution is 5.27. The third kappa shape index (κ3) is 3.57. The first-order chi connectivity index (χ1) is 8.24. The average molecular weight is 231 g/mol. The molecule has 2 nitrogen and oxygen atoms in total. The second kappa shape index (κ2) is 5.46. The predicted molar refractivity (Wildman–Crippen MR) is 65.1 cm³/mol. The highest BCUT2D eigenvalue weighted by Gasteiger charge is 1.97. The monoisotopic (exact) mass is 231 g/mol. The smallest absolute Gasteiger partial charge is 0.123 e. The Morgan fingerprint density at radius 1 is 0.941 bits per heavy atom. The van der Waals surface area contributed by atoms with Crippen LogP contribution in [0.1, 0.15) is 11.1 Å². The Balaban J connectivity index is 1.87. The SMILES string of the molecule is Oc1cccc(CNCc2cccc(F)c2)c1. The van der Waals surface area contributed by atoms with E-state index in [0.29, 0.717) is 13.1 Å². The zero-order valence-corrected chi connectivity index (χ0v) is 9.36. The molecule has 2 N–H and O–H groups in total. The van der Waals surface area contributed by atoms with Gasteiger partial charge in [0.15, 0.2) is 0 Å². The molecule has 17 heavy (non-hydrogen) atoms. The van der Waals surface area contributed by atoms with Crippen LogP contribution >= 0.6 is 0 Å². The molecule has 0 heterocycles. The minimum Gasteiger partial charge on any atom is -0.508 e. The van der Waals surface area contributed by atoms with Crippen LogP contribution in [0.15, 0.2) is 48.5 Å². The first kappa shape index (κ1) is 11.6. The van der Waals surface area contributed by atoms with Crippen LogP contribution in [-0.4, -0.2) is 5.11 Å². The van der Waals surface area contributed by atoms with Gasteiger partial charge in [0.25, 0.3) is 0 Å². The fourth-order valence-corrected chi connectivity index (χ4v) is 1.66. The fraction of sp³-hybridized carbons (Fsp3) is 0.143. The van der Waals surface area contributed by atoms with Crippen LogP contribution in [0, 0.1) is 5.82 Å². The molecule has 2 aromatic carbocycles. The van der Waals surface area contributed by atoms with E-state index in [2.05, 4.69) is 5.32 Å². The van der Waals surface area contributed by atoms with Gasteiger partial charge in [0.2, 0.25) is 0 Å². The molecule has 0 aliphatic heterocycles. The minimum atomic E-state index is -0.221. The number of nitrogens with one attached hydrogen (secondary N) is 1. The molecule has 0 unspecified atom stereocenters. The number of aromatic hydroxyl groups is 1. The summed E-state index contributed by atoms with van der Waals surface area (Å²) < 4.78 is 12.9. The van der Waals surface area contributed by atoms with Gasteiger partial charge in [-0.3, -0.25) is 0 Å². The van der Waals surface area contributed by atoms with Gasteiger partial charge >= 0.3 is 0 Å². The van der Waals surface area contributed by atoms with Crippen molar-refractivity contribution >= 4 is 0 Å². The maximum absolute atomic E-state index is 12.9. The molecule has 0 saturated carbocycles. The Hall–Kier alpha value is -1.87. The summed E-state index contributed by atoms with van der Waals surface area (Å²) in [5.74, 6) is 0.0386. The molecule has 0 bridgehead atoms. The van der Waals surface area contributed by atoms with Crippen molar-refractivity contribution in [3.05, 3.63) is 65.5 Å². The largest absolute Gasteiger partial charge is 0.508 e. The molecule has 0 aromatic heterocycles. The maximum atomic E-state index is 12.9. The summed E-state index contributed by atoms with van der Waals surface area (Å²) in [5.41, 5.74) is 1.91. The zero-order chi connectivity index (χ0) is 12.1. The van der Waals surface area contributed by atoms with Gasteiger partial charge in [0.05, 0.1) is 0 Å². The highest BCUT2D eigenvalue weighted by Crippen LogP contribution is 2.10. The summed E-state index contributed by atoms with van der Waals surface area (Å²) in [4.78, 5) is 0. The van der Waals surface area contributed by atoms with Crippen LogP contribution in [0.25, 0.3) is 0 Å². The van der Waals surface area contributed by atoms with Crippen LogP contribution in [0.3, 0.4) is 0 Å². The molecule has 0 radical (unpaired) electrons. The van der Waals surface area contributed by atoms with E-state index >= 15 is 0 Å². The maximum Gasteiger partial charge on any atom is 0.123 e. The summed E-state index contributed by atoms with van der Waals surface area (Å²) in [6, 6.07) is 13.6. The Labute approximate surface area is 99.7 Å². The normalized spacial score (nSPS) is 10.4. The molecule has 0 aliphatic carbocycles. The van der Waals surface area contributed by atoms with Crippen LogP contribution in [0.4, 0.5) is 4.39 Å². The van der Waals surface area contributed by atoms with Crippen molar-refractivity contribution in [2.24, 2.45) is 0 Å². The first-order valence-electron chi connectivity index (χ1n) is 5.47. The lowest BCUT2D eigenvalue weighted by Crippen LogP contribution is -2.12. The Morgan fingerprint density at radius 3 is 2.24 bits per heavy atom. The number of halogens is 1. The lowest BCUT2D eigenvalue weighted by atomic mass is 10.2. The Morgan fingerprint density at radius 2 is 1.59 bits per heavy atom. The van der Waals surface area contributed by atoms with Crippen LogP contribution in [-0.2, 0) is 13.1 Å². The molecule has 0 saturated heterocycles. The molecule has 0 aliphatic rings. The molecule has 88 valence electrons. The molecule has 2 rings (SSSR count). The van der Waals surface area contributed by atoms with Crippen molar-refractivity contribution in [1.82, 2.24) is 5.32 Å². The van der Waals surface area contributed by atoms with Gasteiger partial charge in [-0.15, -0.1) is 0 Å². The van der Waals surface area contributed by atoms with Gasteiger partial charge < -0.3 is 10.4 Å². The molecular formula is C14H14FNO. The van der Waals surface area contributed by atoms with Crippen LogP contribution in [0.2, 0.25) is 0 Å². The quantitative estimate of drug-likeness (QED) is 0.848.